The highest BCUT2D eigenvalue weighted by molar-refractivity contribution is 5.88. The van der Waals surface area contributed by atoms with Gasteiger partial charge in [-0.05, 0) is 48.2 Å². The number of hydrogen-bond acceptors (Lipinski definition) is 2. The maximum absolute atomic E-state index is 13.7. The summed E-state index contributed by atoms with van der Waals surface area (Å²) in [6, 6.07) is 12.5. The molecule has 1 fully saturated rings. The van der Waals surface area contributed by atoms with E-state index in [1.807, 2.05) is 6.07 Å². The zero-order valence-corrected chi connectivity index (χ0v) is 15.1. The van der Waals surface area contributed by atoms with Crippen LogP contribution in [0.5, 0.6) is 5.75 Å². The monoisotopic (exact) mass is 377 g/mol. The number of carbonyl (C=O) groups excluding carboxylic acids is 1. The fraction of sp³-hybridized carbons (Fsp3) is 0.381. The number of likely N-dealkylation sites (N-methyl/N-ethyl adjacent to an activating group) is 1. The second-order valence-electron chi connectivity index (χ2n) is 6.98. The molecule has 0 radical (unpaired) electrons. The van der Waals surface area contributed by atoms with Crippen LogP contribution in [-0.4, -0.2) is 24.5 Å². The highest BCUT2D eigenvalue weighted by Crippen LogP contribution is 2.42. The van der Waals surface area contributed by atoms with E-state index in [2.05, 4.69) is 4.74 Å². The number of nitrogens with zero attached hydrogens (tertiary/aromatic N) is 1. The topological polar surface area (TPSA) is 29.5 Å². The van der Waals surface area contributed by atoms with Crippen molar-refractivity contribution in [2.75, 3.05) is 7.05 Å². The maximum Gasteiger partial charge on any atom is 0.387 e. The van der Waals surface area contributed by atoms with Crippen LogP contribution < -0.4 is 4.74 Å². The maximum atomic E-state index is 13.7. The summed E-state index contributed by atoms with van der Waals surface area (Å²) in [5.41, 5.74) is 0.827. The van der Waals surface area contributed by atoms with E-state index >= 15 is 0 Å². The zero-order valence-electron chi connectivity index (χ0n) is 15.1. The van der Waals surface area contributed by atoms with Crippen LogP contribution in [-0.2, 0) is 16.8 Å². The predicted octanol–water partition coefficient (Wildman–Crippen LogP) is 4.90. The van der Waals surface area contributed by atoms with Crippen molar-refractivity contribution in [3.63, 3.8) is 0 Å². The van der Waals surface area contributed by atoms with Gasteiger partial charge in [0, 0.05) is 13.6 Å². The van der Waals surface area contributed by atoms with Crippen molar-refractivity contribution in [2.24, 2.45) is 0 Å². The lowest BCUT2D eigenvalue weighted by molar-refractivity contribution is -0.136. The Morgan fingerprint density at radius 3 is 2.41 bits per heavy atom. The molecule has 1 saturated carbocycles. The van der Waals surface area contributed by atoms with Gasteiger partial charge < -0.3 is 9.64 Å². The second kappa shape index (κ2) is 8.03. The number of alkyl halides is 2. The molecule has 0 atom stereocenters. The van der Waals surface area contributed by atoms with Crippen molar-refractivity contribution in [1.82, 2.24) is 4.90 Å². The molecule has 1 amide bonds. The minimum absolute atomic E-state index is 0.0430. The molecule has 0 unspecified atom stereocenters. The number of rotatable bonds is 6. The largest absolute Gasteiger partial charge is 0.435 e. The lowest BCUT2D eigenvalue weighted by Gasteiger charge is -2.33. The SMILES string of the molecule is CN(Cc1ccc(OC(F)F)cc1)C(=O)C1(c2cccc(F)c2)CCCC1. The molecule has 2 aromatic carbocycles. The quantitative estimate of drug-likeness (QED) is 0.717. The Bertz CT molecular complexity index is 786. The molecule has 0 spiro atoms. The summed E-state index contributed by atoms with van der Waals surface area (Å²) in [4.78, 5) is 14.9. The minimum atomic E-state index is -2.87. The van der Waals surface area contributed by atoms with E-state index in [-0.39, 0.29) is 17.5 Å². The molecule has 0 saturated heterocycles. The van der Waals surface area contributed by atoms with Crippen molar-refractivity contribution in [2.45, 2.75) is 44.3 Å². The first-order chi connectivity index (χ1) is 12.9. The van der Waals surface area contributed by atoms with Crippen molar-refractivity contribution in [1.29, 1.82) is 0 Å². The van der Waals surface area contributed by atoms with Crippen LogP contribution in [0.25, 0.3) is 0 Å². The minimum Gasteiger partial charge on any atom is -0.435 e. The van der Waals surface area contributed by atoms with Gasteiger partial charge >= 0.3 is 6.61 Å². The number of hydrogen-bond donors (Lipinski definition) is 0. The Balaban J connectivity index is 1.76. The summed E-state index contributed by atoms with van der Waals surface area (Å²) < 4.78 is 42.6. The molecule has 1 aliphatic rings. The number of benzene rings is 2. The molecule has 1 aliphatic carbocycles. The number of carbonyl (C=O) groups is 1. The molecule has 0 aromatic heterocycles. The number of ether oxygens (including phenoxy) is 1. The van der Waals surface area contributed by atoms with Crippen molar-refractivity contribution in [3.05, 3.63) is 65.5 Å². The Kier molecular flexibility index (Phi) is 5.73. The van der Waals surface area contributed by atoms with Crippen LogP contribution >= 0.6 is 0 Å². The molecule has 0 aliphatic heterocycles. The van der Waals surface area contributed by atoms with E-state index in [0.717, 1.165) is 24.0 Å². The van der Waals surface area contributed by atoms with Crippen LogP contribution in [0.1, 0.15) is 36.8 Å². The van der Waals surface area contributed by atoms with Crippen LogP contribution in [0, 0.1) is 5.82 Å². The van der Waals surface area contributed by atoms with Crippen LogP contribution in [0.3, 0.4) is 0 Å². The smallest absolute Gasteiger partial charge is 0.387 e. The Morgan fingerprint density at radius 1 is 1.15 bits per heavy atom. The van der Waals surface area contributed by atoms with Gasteiger partial charge in [0.2, 0.25) is 5.91 Å². The van der Waals surface area contributed by atoms with E-state index in [1.54, 1.807) is 30.1 Å². The Hall–Kier alpha value is -2.50. The van der Waals surface area contributed by atoms with Crippen LogP contribution in [0.4, 0.5) is 13.2 Å². The molecule has 27 heavy (non-hydrogen) atoms. The van der Waals surface area contributed by atoms with Gasteiger partial charge in [-0.3, -0.25) is 4.79 Å². The summed E-state index contributed by atoms with van der Waals surface area (Å²) in [6.45, 7) is -2.53. The van der Waals surface area contributed by atoms with E-state index in [4.69, 9.17) is 0 Å². The van der Waals surface area contributed by atoms with Crippen molar-refractivity contribution in [3.8, 4) is 5.75 Å². The molecule has 0 heterocycles. The highest BCUT2D eigenvalue weighted by Gasteiger charge is 2.44. The summed E-state index contributed by atoms with van der Waals surface area (Å²) in [5.74, 6) is -0.308. The normalized spacial score (nSPS) is 15.7. The first kappa shape index (κ1) is 19.3. The lowest BCUT2D eigenvalue weighted by Crippen LogP contribution is -2.43. The third-order valence-electron chi connectivity index (χ3n) is 5.16. The Morgan fingerprint density at radius 2 is 1.81 bits per heavy atom. The number of halogens is 3. The van der Waals surface area contributed by atoms with Crippen LogP contribution in [0.2, 0.25) is 0 Å². The Labute approximate surface area is 156 Å². The standard InChI is InChI=1S/C21H22F3NO2/c1-25(14-15-7-9-18(10-8-15)27-20(23)24)19(26)21(11-2-3-12-21)16-5-4-6-17(22)13-16/h4-10,13,20H,2-3,11-12,14H2,1H3. The molecule has 3 rings (SSSR count). The summed E-state index contributed by atoms with van der Waals surface area (Å²) in [6.07, 6.45) is 3.24. The summed E-state index contributed by atoms with van der Waals surface area (Å²) in [5, 5.41) is 0. The van der Waals surface area contributed by atoms with E-state index < -0.39 is 12.0 Å². The van der Waals surface area contributed by atoms with Crippen LogP contribution in [0.15, 0.2) is 48.5 Å². The van der Waals surface area contributed by atoms with E-state index in [1.165, 1.54) is 24.3 Å². The van der Waals surface area contributed by atoms with Gasteiger partial charge in [0.05, 0.1) is 5.41 Å². The lowest BCUT2D eigenvalue weighted by atomic mass is 9.77. The average molecular weight is 377 g/mol. The second-order valence-corrected chi connectivity index (χ2v) is 6.98. The average Bonchev–Trinajstić information content (AvgIpc) is 3.13. The van der Waals surface area contributed by atoms with Gasteiger partial charge in [0.1, 0.15) is 11.6 Å². The predicted molar refractivity (Wildman–Crippen MR) is 96.1 cm³/mol. The molecule has 3 nitrogen and oxygen atoms in total. The molecule has 6 heteroatoms. The fourth-order valence-corrected chi connectivity index (χ4v) is 3.88. The summed E-state index contributed by atoms with van der Waals surface area (Å²) in [7, 11) is 1.71. The molecular weight excluding hydrogens is 355 g/mol. The van der Waals surface area contributed by atoms with E-state index in [9.17, 15) is 18.0 Å². The van der Waals surface area contributed by atoms with Crippen molar-refractivity contribution >= 4 is 5.91 Å². The third-order valence-corrected chi connectivity index (χ3v) is 5.16. The summed E-state index contributed by atoms with van der Waals surface area (Å²) >= 11 is 0. The number of amides is 1. The van der Waals surface area contributed by atoms with Gasteiger partial charge in [-0.15, -0.1) is 0 Å². The van der Waals surface area contributed by atoms with Gasteiger partial charge in [-0.2, -0.15) is 8.78 Å². The van der Waals surface area contributed by atoms with Gasteiger partial charge in [0.15, 0.2) is 0 Å². The van der Waals surface area contributed by atoms with E-state index in [0.29, 0.717) is 19.4 Å². The van der Waals surface area contributed by atoms with Gasteiger partial charge in [-0.1, -0.05) is 37.1 Å². The molecule has 0 N–H and O–H groups in total. The van der Waals surface area contributed by atoms with Gasteiger partial charge in [-0.25, -0.2) is 4.39 Å². The molecule has 2 aromatic rings. The van der Waals surface area contributed by atoms with Gasteiger partial charge in [0.25, 0.3) is 0 Å². The first-order valence-electron chi connectivity index (χ1n) is 8.96. The zero-order chi connectivity index (χ0) is 19.4. The molecular formula is C21H22F3NO2. The molecule has 0 bridgehead atoms. The van der Waals surface area contributed by atoms with Crippen molar-refractivity contribution < 1.29 is 22.7 Å². The highest BCUT2D eigenvalue weighted by atomic mass is 19.3. The third kappa shape index (κ3) is 4.26. The molecule has 144 valence electrons. The first-order valence-corrected chi connectivity index (χ1v) is 8.96. The fourth-order valence-electron chi connectivity index (χ4n) is 3.88.